The number of halogens is 1. The lowest BCUT2D eigenvalue weighted by Crippen LogP contribution is -2.28. The Balaban J connectivity index is 2.45. The fourth-order valence-electron chi connectivity index (χ4n) is 3.01. The summed E-state index contributed by atoms with van der Waals surface area (Å²) in [6, 6.07) is 13.9. The summed E-state index contributed by atoms with van der Waals surface area (Å²) in [6.07, 6.45) is 2.26. The van der Waals surface area contributed by atoms with Gasteiger partial charge in [0.2, 0.25) is 0 Å². The maximum absolute atomic E-state index is 14.5. The van der Waals surface area contributed by atoms with Gasteiger partial charge in [-0.2, -0.15) is 0 Å². The Morgan fingerprint density at radius 1 is 1.09 bits per heavy atom. The van der Waals surface area contributed by atoms with E-state index in [1.165, 1.54) is 6.07 Å². The van der Waals surface area contributed by atoms with E-state index in [0.29, 0.717) is 5.56 Å². The van der Waals surface area contributed by atoms with Crippen molar-refractivity contribution in [3.8, 4) is 0 Å². The van der Waals surface area contributed by atoms with Gasteiger partial charge in [-0.3, -0.25) is 10.1 Å². The van der Waals surface area contributed by atoms with E-state index in [1.807, 2.05) is 44.2 Å². The van der Waals surface area contributed by atoms with Gasteiger partial charge < -0.3 is 0 Å². The second kappa shape index (κ2) is 6.69. The van der Waals surface area contributed by atoms with E-state index >= 15 is 0 Å². The van der Waals surface area contributed by atoms with Crippen molar-refractivity contribution in [1.82, 2.24) is 0 Å². The lowest BCUT2D eigenvalue weighted by Gasteiger charge is -2.33. The number of rotatable bonds is 6. The molecule has 3 nitrogen and oxygen atoms in total. The van der Waals surface area contributed by atoms with Crippen molar-refractivity contribution < 1.29 is 9.31 Å². The number of hydrogen-bond acceptors (Lipinski definition) is 2. The second-order valence-corrected chi connectivity index (χ2v) is 5.57. The van der Waals surface area contributed by atoms with Crippen LogP contribution >= 0.6 is 0 Å². The molecule has 0 unspecified atom stereocenters. The molecule has 0 heterocycles. The molecule has 2 rings (SSSR count). The summed E-state index contributed by atoms with van der Waals surface area (Å²) in [5.74, 6) is -0.492. The SMILES string of the molecule is CCC(CC)(Cc1ccccc1)c1ccc([N+](=O)[O-])cc1F. The standard InChI is InChI=1S/C18H20FNO2/c1-3-18(4-2,13-14-8-6-5-7-9-14)16-11-10-15(20(21)22)12-17(16)19/h5-12H,3-4,13H2,1-2H3. The molecule has 2 aromatic rings. The lowest BCUT2D eigenvalue weighted by molar-refractivity contribution is -0.385. The first kappa shape index (κ1) is 16.1. The molecule has 4 heteroatoms. The lowest BCUT2D eigenvalue weighted by atomic mass is 9.71. The van der Waals surface area contributed by atoms with Crippen LogP contribution < -0.4 is 0 Å². The molecule has 0 fully saturated rings. The summed E-state index contributed by atoms with van der Waals surface area (Å²) in [6.45, 7) is 4.07. The van der Waals surface area contributed by atoms with Crippen LogP contribution in [0.2, 0.25) is 0 Å². The third kappa shape index (κ3) is 3.16. The molecule has 0 aromatic heterocycles. The summed E-state index contributed by atoms with van der Waals surface area (Å²) < 4.78 is 14.5. The Hall–Kier alpha value is -2.23. The van der Waals surface area contributed by atoms with Gasteiger partial charge >= 0.3 is 0 Å². The summed E-state index contributed by atoms with van der Waals surface area (Å²) in [7, 11) is 0. The number of non-ortho nitro benzene ring substituents is 1. The monoisotopic (exact) mass is 301 g/mol. The molecule has 2 aromatic carbocycles. The highest BCUT2D eigenvalue weighted by Crippen LogP contribution is 2.37. The minimum atomic E-state index is -0.566. The van der Waals surface area contributed by atoms with Gasteiger partial charge in [0.05, 0.1) is 11.0 Å². The van der Waals surface area contributed by atoms with Gasteiger partial charge in [-0.15, -0.1) is 0 Å². The zero-order valence-corrected chi connectivity index (χ0v) is 12.9. The maximum atomic E-state index is 14.5. The largest absolute Gasteiger partial charge is 0.272 e. The van der Waals surface area contributed by atoms with Crippen molar-refractivity contribution in [2.24, 2.45) is 0 Å². The van der Waals surface area contributed by atoms with Gasteiger partial charge in [0.15, 0.2) is 0 Å². The van der Waals surface area contributed by atoms with Crippen molar-refractivity contribution in [2.45, 2.75) is 38.5 Å². The molecule has 0 atom stereocenters. The van der Waals surface area contributed by atoms with E-state index in [4.69, 9.17) is 0 Å². The van der Waals surface area contributed by atoms with Gasteiger partial charge in [-0.1, -0.05) is 44.2 Å². The van der Waals surface area contributed by atoms with Crippen molar-refractivity contribution in [3.63, 3.8) is 0 Å². The van der Waals surface area contributed by atoms with Crippen LogP contribution in [0, 0.1) is 15.9 Å². The average molecular weight is 301 g/mol. The number of hydrogen-bond donors (Lipinski definition) is 0. The number of benzene rings is 2. The van der Waals surface area contributed by atoms with E-state index in [9.17, 15) is 14.5 Å². The quantitative estimate of drug-likeness (QED) is 0.554. The summed E-state index contributed by atoms with van der Waals surface area (Å²) in [5, 5.41) is 10.8. The smallest absolute Gasteiger partial charge is 0.258 e. The Morgan fingerprint density at radius 3 is 2.23 bits per heavy atom. The zero-order valence-electron chi connectivity index (χ0n) is 12.9. The first-order valence-electron chi connectivity index (χ1n) is 7.50. The zero-order chi connectivity index (χ0) is 16.2. The molecular formula is C18H20FNO2. The van der Waals surface area contributed by atoms with Crippen LogP contribution in [0.3, 0.4) is 0 Å². The van der Waals surface area contributed by atoms with E-state index in [-0.39, 0.29) is 11.1 Å². The molecular weight excluding hydrogens is 281 g/mol. The van der Waals surface area contributed by atoms with Crippen LogP contribution in [0.15, 0.2) is 48.5 Å². The predicted octanol–water partition coefficient (Wildman–Crippen LogP) is 5.03. The van der Waals surface area contributed by atoms with Gasteiger partial charge in [0.1, 0.15) is 5.82 Å². The van der Waals surface area contributed by atoms with Crippen LogP contribution in [0.4, 0.5) is 10.1 Å². The number of nitro benzene ring substituents is 1. The van der Waals surface area contributed by atoms with Crippen LogP contribution in [-0.2, 0) is 11.8 Å². The first-order chi connectivity index (χ1) is 10.5. The molecule has 0 bridgehead atoms. The van der Waals surface area contributed by atoms with Gasteiger partial charge in [-0.05, 0) is 36.5 Å². The normalized spacial score (nSPS) is 11.4. The molecule has 0 amide bonds. The molecule has 0 N–H and O–H groups in total. The molecule has 116 valence electrons. The topological polar surface area (TPSA) is 43.1 Å². The maximum Gasteiger partial charge on any atom is 0.272 e. The fourth-order valence-corrected chi connectivity index (χ4v) is 3.01. The molecule has 0 spiro atoms. The molecule has 0 radical (unpaired) electrons. The van der Waals surface area contributed by atoms with Crippen LogP contribution in [0.25, 0.3) is 0 Å². The molecule has 0 aliphatic heterocycles. The molecule has 0 saturated heterocycles. The van der Waals surface area contributed by atoms with Gasteiger partial charge in [0.25, 0.3) is 5.69 Å². The highest BCUT2D eigenvalue weighted by molar-refractivity contribution is 5.39. The molecule has 0 saturated carbocycles. The molecule has 0 aliphatic rings. The minimum Gasteiger partial charge on any atom is -0.258 e. The highest BCUT2D eigenvalue weighted by atomic mass is 19.1. The summed E-state index contributed by atoms with van der Waals surface area (Å²) in [5.41, 5.74) is 1.15. The minimum absolute atomic E-state index is 0.206. The number of nitro groups is 1. The van der Waals surface area contributed by atoms with Gasteiger partial charge in [-0.25, -0.2) is 4.39 Å². The van der Waals surface area contributed by atoms with Crippen LogP contribution in [-0.4, -0.2) is 4.92 Å². The third-order valence-electron chi connectivity index (χ3n) is 4.47. The third-order valence-corrected chi connectivity index (χ3v) is 4.47. The number of nitrogens with zero attached hydrogens (tertiary/aromatic N) is 1. The van der Waals surface area contributed by atoms with Crippen LogP contribution in [0.5, 0.6) is 0 Å². The first-order valence-corrected chi connectivity index (χ1v) is 7.50. The average Bonchev–Trinajstić information content (AvgIpc) is 2.54. The van der Waals surface area contributed by atoms with Crippen molar-refractivity contribution >= 4 is 5.69 Å². The van der Waals surface area contributed by atoms with Crippen molar-refractivity contribution in [2.75, 3.05) is 0 Å². The highest BCUT2D eigenvalue weighted by Gasteiger charge is 2.32. The molecule has 0 aliphatic carbocycles. The van der Waals surface area contributed by atoms with Crippen molar-refractivity contribution in [3.05, 3.63) is 75.6 Å². The Morgan fingerprint density at radius 2 is 1.73 bits per heavy atom. The second-order valence-electron chi connectivity index (χ2n) is 5.57. The fraction of sp³-hybridized carbons (Fsp3) is 0.333. The van der Waals surface area contributed by atoms with E-state index in [2.05, 4.69) is 0 Å². The Kier molecular flexibility index (Phi) is 4.91. The van der Waals surface area contributed by atoms with Gasteiger partial charge in [0, 0.05) is 11.5 Å². The Labute approximate surface area is 129 Å². The van der Waals surface area contributed by atoms with Crippen LogP contribution in [0.1, 0.15) is 37.8 Å². The van der Waals surface area contributed by atoms with Crippen molar-refractivity contribution in [1.29, 1.82) is 0 Å². The van der Waals surface area contributed by atoms with E-state index < -0.39 is 10.7 Å². The predicted molar refractivity (Wildman–Crippen MR) is 85.5 cm³/mol. The van der Waals surface area contributed by atoms with E-state index in [0.717, 1.165) is 30.9 Å². The summed E-state index contributed by atoms with van der Waals surface area (Å²) in [4.78, 5) is 10.2. The Bertz CT molecular complexity index is 651. The summed E-state index contributed by atoms with van der Waals surface area (Å²) >= 11 is 0. The molecule has 22 heavy (non-hydrogen) atoms. The van der Waals surface area contributed by atoms with E-state index in [1.54, 1.807) is 6.07 Å².